The van der Waals surface area contributed by atoms with Crippen molar-refractivity contribution >= 4 is 40.3 Å². The number of aliphatic carboxylic acids is 1. The summed E-state index contributed by atoms with van der Waals surface area (Å²) in [6.07, 6.45) is 2.02. The van der Waals surface area contributed by atoms with E-state index in [1.54, 1.807) is 12.3 Å². The molecule has 0 radical (unpaired) electrons. The van der Waals surface area contributed by atoms with Crippen molar-refractivity contribution in [2.45, 2.75) is 68.9 Å². The molecule has 1 unspecified atom stereocenters. The molecule has 0 spiro atoms. The van der Waals surface area contributed by atoms with Crippen molar-refractivity contribution in [1.82, 2.24) is 24.3 Å². The van der Waals surface area contributed by atoms with Gasteiger partial charge in [0, 0.05) is 35.4 Å². The SMILES string of the molecule is CN(C(=O)n1ccc2c(-c3cnn(C(CC#N)C4CCCC4)c3)ncnc21)c1cc(Cl)ccc1O[C@@H]1O[C@H](C(=O)O)[C@@H](O)[C@H](O)[C@H]1O. The average Bonchev–Trinajstić information content (AvgIpc) is 3.85. The number of carboxylic acids is 1. The molecule has 1 amide bonds. The highest BCUT2D eigenvalue weighted by Gasteiger charge is 2.48. The fourth-order valence-electron chi connectivity index (χ4n) is 6.28. The van der Waals surface area contributed by atoms with E-state index < -0.39 is 42.7 Å². The van der Waals surface area contributed by atoms with Crippen LogP contribution in [0.1, 0.15) is 38.1 Å². The van der Waals surface area contributed by atoms with Gasteiger partial charge in [-0.25, -0.2) is 19.6 Å². The number of aliphatic hydroxyl groups is 3. The van der Waals surface area contributed by atoms with E-state index in [1.165, 1.54) is 47.2 Å². The maximum atomic E-state index is 13.9. The summed E-state index contributed by atoms with van der Waals surface area (Å²) < 4.78 is 14.2. The fourth-order valence-corrected chi connectivity index (χ4v) is 6.45. The molecule has 3 aromatic heterocycles. The highest BCUT2D eigenvalue weighted by molar-refractivity contribution is 6.31. The second kappa shape index (κ2) is 13.3. The normalized spacial score (nSPS) is 23.8. The average molecular weight is 666 g/mol. The first-order valence-corrected chi connectivity index (χ1v) is 15.4. The predicted molar refractivity (Wildman–Crippen MR) is 166 cm³/mol. The van der Waals surface area contributed by atoms with E-state index in [-0.39, 0.29) is 22.5 Å². The molecular weight excluding hydrogens is 634 g/mol. The monoisotopic (exact) mass is 665 g/mol. The topological polar surface area (TPSA) is 209 Å². The molecule has 15 nitrogen and oxygen atoms in total. The fraction of sp³-hybridized carbons (Fsp3) is 0.419. The number of nitriles is 1. The number of aromatic nitrogens is 5. The lowest BCUT2D eigenvalue weighted by atomic mass is 9.96. The molecule has 4 N–H and O–H groups in total. The summed E-state index contributed by atoms with van der Waals surface area (Å²) in [5, 5.41) is 54.9. The Morgan fingerprint density at radius 1 is 1.17 bits per heavy atom. The Labute approximate surface area is 273 Å². The Morgan fingerprint density at radius 2 is 1.94 bits per heavy atom. The van der Waals surface area contributed by atoms with Gasteiger partial charge >= 0.3 is 12.0 Å². The highest BCUT2D eigenvalue weighted by atomic mass is 35.5. The van der Waals surface area contributed by atoms with Crippen molar-refractivity contribution in [1.29, 1.82) is 5.26 Å². The van der Waals surface area contributed by atoms with Crippen LogP contribution in [0.5, 0.6) is 5.75 Å². The number of carbonyl (C=O) groups is 2. The predicted octanol–water partition coefficient (Wildman–Crippen LogP) is 2.97. The second-order valence-corrected chi connectivity index (χ2v) is 12.1. The van der Waals surface area contributed by atoms with Gasteiger partial charge in [0.2, 0.25) is 6.29 Å². The molecule has 1 aromatic carbocycles. The number of hydrogen-bond acceptors (Lipinski definition) is 11. The molecule has 2 aliphatic rings. The third-order valence-electron chi connectivity index (χ3n) is 8.77. The molecule has 1 saturated carbocycles. The van der Waals surface area contributed by atoms with E-state index in [9.17, 15) is 35.3 Å². The van der Waals surface area contributed by atoms with Crippen molar-refractivity contribution in [2.75, 3.05) is 11.9 Å². The largest absolute Gasteiger partial charge is 0.479 e. The van der Waals surface area contributed by atoms with Gasteiger partial charge in [-0.15, -0.1) is 0 Å². The van der Waals surface area contributed by atoms with Crippen LogP contribution in [0.25, 0.3) is 22.3 Å². The van der Waals surface area contributed by atoms with Crippen LogP contribution in [-0.2, 0) is 9.53 Å². The Bertz CT molecular complexity index is 1830. The lowest BCUT2D eigenvalue weighted by Gasteiger charge is -2.38. The summed E-state index contributed by atoms with van der Waals surface area (Å²) in [5.41, 5.74) is 1.70. The molecule has 1 saturated heterocycles. The summed E-state index contributed by atoms with van der Waals surface area (Å²) in [4.78, 5) is 35.5. The number of benzene rings is 1. The number of rotatable bonds is 8. The molecule has 1 aliphatic heterocycles. The van der Waals surface area contributed by atoms with Crippen molar-refractivity contribution < 1.29 is 39.5 Å². The Morgan fingerprint density at radius 3 is 2.66 bits per heavy atom. The minimum Gasteiger partial charge on any atom is -0.479 e. The summed E-state index contributed by atoms with van der Waals surface area (Å²) in [7, 11) is 1.45. The van der Waals surface area contributed by atoms with Crippen LogP contribution in [0.2, 0.25) is 5.02 Å². The molecule has 246 valence electrons. The number of carboxylic acid groups (broad SMARTS) is 1. The maximum Gasteiger partial charge on any atom is 0.335 e. The van der Waals surface area contributed by atoms with E-state index in [2.05, 4.69) is 21.1 Å². The van der Waals surface area contributed by atoms with Crippen LogP contribution in [0.15, 0.2) is 49.2 Å². The molecule has 2 fully saturated rings. The van der Waals surface area contributed by atoms with E-state index in [1.807, 2.05) is 10.9 Å². The number of amides is 1. The summed E-state index contributed by atoms with van der Waals surface area (Å²) in [6, 6.07) is 7.65. The van der Waals surface area contributed by atoms with Crippen LogP contribution in [0, 0.1) is 17.2 Å². The minimum atomic E-state index is -1.90. The van der Waals surface area contributed by atoms with Crippen molar-refractivity contribution in [3.8, 4) is 23.1 Å². The Kier molecular flexibility index (Phi) is 9.13. The van der Waals surface area contributed by atoms with Gasteiger partial charge in [-0.1, -0.05) is 24.4 Å². The molecule has 16 heteroatoms. The zero-order valence-corrected chi connectivity index (χ0v) is 25.9. The van der Waals surface area contributed by atoms with E-state index >= 15 is 0 Å². The van der Waals surface area contributed by atoms with E-state index in [4.69, 9.17) is 21.1 Å². The Hall–Kier alpha value is -4.59. The zero-order valence-electron chi connectivity index (χ0n) is 25.1. The van der Waals surface area contributed by atoms with Gasteiger partial charge in [0.25, 0.3) is 0 Å². The molecule has 47 heavy (non-hydrogen) atoms. The Balaban J connectivity index is 1.28. The van der Waals surface area contributed by atoms with Gasteiger partial charge in [0.1, 0.15) is 30.4 Å². The second-order valence-electron chi connectivity index (χ2n) is 11.6. The third kappa shape index (κ3) is 6.13. The van der Waals surface area contributed by atoms with Gasteiger partial charge in [-0.05, 0) is 43.0 Å². The smallest absolute Gasteiger partial charge is 0.335 e. The molecule has 4 aromatic rings. The first-order chi connectivity index (χ1) is 22.6. The zero-order chi connectivity index (χ0) is 33.4. The number of aliphatic hydroxyl groups excluding tert-OH is 3. The number of anilines is 1. The van der Waals surface area contributed by atoms with Crippen molar-refractivity contribution in [2.24, 2.45) is 5.92 Å². The molecule has 6 rings (SSSR count). The van der Waals surface area contributed by atoms with Gasteiger partial charge in [-0.2, -0.15) is 10.4 Å². The van der Waals surface area contributed by atoms with Crippen LogP contribution < -0.4 is 9.64 Å². The molecule has 4 heterocycles. The molecular formula is C31H32ClN7O8. The summed E-state index contributed by atoms with van der Waals surface area (Å²) in [6.45, 7) is 0. The van der Waals surface area contributed by atoms with Gasteiger partial charge < -0.3 is 29.9 Å². The molecule has 6 atom stereocenters. The van der Waals surface area contributed by atoms with E-state index in [0.717, 1.165) is 25.7 Å². The first-order valence-electron chi connectivity index (χ1n) is 15.0. The van der Waals surface area contributed by atoms with Crippen LogP contribution in [0.3, 0.4) is 0 Å². The van der Waals surface area contributed by atoms with Gasteiger partial charge in [0.15, 0.2) is 11.8 Å². The first kappa shape index (κ1) is 32.4. The molecule has 1 aliphatic carbocycles. The molecule has 0 bridgehead atoms. The quantitative estimate of drug-likeness (QED) is 0.214. The highest BCUT2D eigenvalue weighted by Crippen LogP contribution is 2.38. The number of carbonyl (C=O) groups excluding carboxylic acids is 1. The van der Waals surface area contributed by atoms with Crippen LogP contribution in [-0.4, -0.2) is 94.5 Å². The van der Waals surface area contributed by atoms with Crippen LogP contribution in [0.4, 0.5) is 10.5 Å². The lowest BCUT2D eigenvalue weighted by Crippen LogP contribution is -2.61. The van der Waals surface area contributed by atoms with Gasteiger partial charge in [0.05, 0.1) is 36.1 Å². The van der Waals surface area contributed by atoms with E-state index in [0.29, 0.717) is 34.6 Å². The van der Waals surface area contributed by atoms with Crippen molar-refractivity contribution in [3.05, 3.63) is 54.2 Å². The number of ether oxygens (including phenoxy) is 2. The van der Waals surface area contributed by atoms with Gasteiger partial charge in [-0.3, -0.25) is 14.1 Å². The van der Waals surface area contributed by atoms with Crippen LogP contribution >= 0.6 is 11.6 Å². The minimum absolute atomic E-state index is 0.0320. The van der Waals surface area contributed by atoms with Crippen molar-refractivity contribution in [3.63, 3.8) is 0 Å². The number of hydrogen-bond donors (Lipinski definition) is 4. The standard InChI is InChI=1S/C31H32ClN7O8/c1-37(21-12-18(32)6-7-22(21)46-30-26(42)24(40)25(41)27(47-30)29(43)44)31(45)38-11-9-19-23(34-15-35-28(19)38)17-13-36-39(14-17)20(8-10-33)16-4-2-3-5-16/h6-7,9,11-16,20,24-27,30,40-42H,2-5,8H2,1H3,(H,43,44)/t20?,24-,25-,26+,27-,30+/m0/s1. The maximum absolute atomic E-state index is 13.9. The lowest BCUT2D eigenvalue weighted by molar-refractivity contribution is -0.271. The number of nitrogens with zero attached hydrogens (tertiary/aromatic N) is 7. The number of halogens is 1. The number of fused-ring (bicyclic) bond motifs is 1. The third-order valence-corrected chi connectivity index (χ3v) is 9.01. The summed E-state index contributed by atoms with van der Waals surface area (Å²) in [5.74, 6) is -1.22. The summed E-state index contributed by atoms with van der Waals surface area (Å²) >= 11 is 6.26.